The molecule has 1 aliphatic rings. The van der Waals surface area contributed by atoms with Crippen LogP contribution in [0.25, 0.3) is 0 Å². The number of sulfonamides is 1. The summed E-state index contributed by atoms with van der Waals surface area (Å²) in [6, 6.07) is 15.6. The highest BCUT2D eigenvalue weighted by atomic mass is 32.2. The molecule has 0 bridgehead atoms. The van der Waals surface area contributed by atoms with Gasteiger partial charge in [0.05, 0.1) is 12.7 Å². The van der Waals surface area contributed by atoms with E-state index in [1.54, 1.807) is 37.6 Å². The molecule has 1 amide bonds. The van der Waals surface area contributed by atoms with Gasteiger partial charge in [0.25, 0.3) is 15.9 Å². The largest absolute Gasteiger partial charge is 0.497 e. The van der Waals surface area contributed by atoms with Crippen molar-refractivity contribution in [3.8, 4) is 5.75 Å². The molecule has 1 atom stereocenters. The predicted octanol–water partition coefficient (Wildman–Crippen LogP) is 4.13. The Morgan fingerprint density at radius 1 is 1.19 bits per heavy atom. The number of methoxy groups -OCH3 is 1. The Morgan fingerprint density at radius 3 is 2.70 bits per heavy atom. The summed E-state index contributed by atoms with van der Waals surface area (Å²) in [5.41, 5.74) is 1.08. The molecule has 0 aliphatic carbocycles. The van der Waals surface area contributed by atoms with E-state index in [0.29, 0.717) is 30.5 Å². The summed E-state index contributed by atoms with van der Waals surface area (Å²) in [5, 5.41) is 2.90. The Morgan fingerprint density at radius 2 is 1.97 bits per heavy atom. The third-order valence-corrected chi connectivity index (χ3v) is 7.67. The van der Waals surface area contributed by atoms with E-state index < -0.39 is 15.9 Å². The Kier molecular flexibility index (Phi) is 7.68. The highest BCUT2D eigenvalue weighted by Crippen LogP contribution is 2.37. The number of aromatic nitrogens is 2. The molecule has 0 saturated carbocycles. The molecular formula is C27H35N5O4S. The number of rotatable bonds is 9. The van der Waals surface area contributed by atoms with Gasteiger partial charge in [-0.15, -0.1) is 0 Å². The number of nitrogens with zero attached hydrogens (tertiary/aromatic N) is 3. The van der Waals surface area contributed by atoms with Gasteiger partial charge in [-0.3, -0.25) is 4.79 Å². The topological polar surface area (TPSA) is 114 Å². The fourth-order valence-electron chi connectivity index (χ4n) is 4.80. The van der Waals surface area contributed by atoms with E-state index in [-0.39, 0.29) is 17.6 Å². The zero-order chi connectivity index (χ0) is 26.6. The van der Waals surface area contributed by atoms with Gasteiger partial charge in [0.2, 0.25) is 0 Å². The van der Waals surface area contributed by atoms with Crippen LogP contribution in [-0.2, 0) is 16.4 Å². The molecule has 1 aromatic carbocycles. The summed E-state index contributed by atoms with van der Waals surface area (Å²) in [6.45, 7) is 7.63. The first-order valence-electron chi connectivity index (χ1n) is 12.2. The van der Waals surface area contributed by atoms with Crippen LogP contribution >= 0.6 is 0 Å². The molecule has 10 heteroatoms. The van der Waals surface area contributed by atoms with Crippen LogP contribution in [0.15, 0.2) is 65.8 Å². The van der Waals surface area contributed by atoms with E-state index in [1.165, 1.54) is 6.07 Å². The maximum absolute atomic E-state index is 13.2. The van der Waals surface area contributed by atoms with Crippen LogP contribution in [-0.4, -0.2) is 50.0 Å². The van der Waals surface area contributed by atoms with Gasteiger partial charge in [0, 0.05) is 26.3 Å². The van der Waals surface area contributed by atoms with Crippen molar-refractivity contribution in [1.29, 1.82) is 0 Å². The third kappa shape index (κ3) is 6.19. The first-order chi connectivity index (χ1) is 17.6. The molecule has 1 aliphatic heterocycles. The highest BCUT2D eigenvalue weighted by molar-refractivity contribution is 7.90. The van der Waals surface area contributed by atoms with Crippen molar-refractivity contribution < 1.29 is 19.4 Å². The number of hydrogen-bond acceptors (Lipinski definition) is 8. The van der Waals surface area contributed by atoms with Gasteiger partial charge in [-0.1, -0.05) is 25.1 Å². The van der Waals surface area contributed by atoms with E-state index in [0.717, 1.165) is 24.3 Å². The van der Waals surface area contributed by atoms with E-state index in [2.05, 4.69) is 45.7 Å². The van der Waals surface area contributed by atoms with Crippen LogP contribution in [0.3, 0.4) is 0 Å². The molecule has 3 heterocycles. The molecule has 1 unspecified atom stereocenters. The molecule has 9 nitrogen and oxygen atoms in total. The molecule has 4 rings (SSSR count). The summed E-state index contributed by atoms with van der Waals surface area (Å²) >= 11 is 0. The van der Waals surface area contributed by atoms with Crippen LogP contribution in [0.2, 0.25) is 0 Å². The van der Waals surface area contributed by atoms with Crippen LogP contribution in [0, 0.1) is 5.92 Å². The van der Waals surface area contributed by atoms with Gasteiger partial charge in [0.1, 0.15) is 17.4 Å². The molecule has 1 fully saturated rings. The predicted molar refractivity (Wildman–Crippen MR) is 146 cm³/mol. The van der Waals surface area contributed by atoms with Crippen LogP contribution in [0.1, 0.15) is 44.5 Å². The third-order valence-electron chi connectivity index (χ3n) is 6.44. The highest BCUT2D eigenvalue weighted by Gasteiger charge is 2.39. The monoisotopic (exact) mass is 525 g/mol. The number of anilines is 2. The number of nitrogens with one attached hydrogen (secondary N) is 2. The minimum Gasteiger partial charge on any atom is -0.497 e. The standard InChI is InChI=1S/C27H33N5O4S.H2/c1-19-17-27(2,3)32(18-19)25-22(10-7-14-29-25)26(33)31-37(34,35)24-12-6-11-23(30-24)28-15-13-20-8-5-9-21(16-20)36-4;/h5-12,14,16,19H,13,15,17-18H2,1-4H3,(H,28,30)(H,31,33);1H. The second kappa shape index (κ2) is 10.8. The van der Waals surface area contributed by atoms with Crippen molar-refractivity contribution in [2.75, 3.05) is 30.4 Å². The van der Waals surface area contributed by atoms with E-state index in [4.69, 9.17) is 4.74 Å². The Hall–Kier alpha value is -3.66. The number of ether oxygens (including phenoxy) is 1. The molecule has 37 heavy (non-hydrogen) atoms. The Balaban J connectivity index is 0.00000400. The van der Waals surface area contributed by atoms with Crippen LogP contribution < -0.4 is 19.7 Å². The number of carbonyl (C=O) groups is 1. The zero-order valence-corrected chi connectivity index (χ0v) is 22.4. The number of hydrogen-bond donors (Lipinski definition) is 2. The van der Waals surface area contributed by atoms with Crippen molar-refractivity contribution in [2.24, 2.45) is 5.92 Å². The van der Waals surface area contributed by atoms with Gasteiger partial charge >= 0.3 is 0 Å². The molecule has 1 saturated heterocycles. The first-order valence-corrected chi connectivity index (χ1v) is 13.7. The molecule has 0 spiro atoms. The summed E-state index contributed by atoms with van der Waals surface area (Å²) < 4.78 is 33.6. The summed E-state index contributed by atoms with van der Waals surface area (Å²) in [6.07, 6.45) is 3.26. The molecular weight excluding hydrogens is 490 g/mol. The maximum Gasteiger partial charge on any atom is 0.281 e. The van der Waals surface area contributed by atoms with E-state index in [1.807, 2.05) is 24.3 Å². The van der Waals surface area contributed by atoms with Crippen LogP contribution in [0.4, 0.5) is 11.6 Å². The lowest BCUT2D eigenvalue weighted by Crippen LogP contribution is -2.41. The average molecular weight is 526 g/mol. The molecule has 198 valence electrons. The van der Waals surface area contributed by atoms with Crippen molar-refractivity contribution >= 4 is 27.6 Å². The van der Waals surface area contributed by atoms with Gasteiger partial charge in [-0.2, -0.15) is 8.42 Å². The lowest BCUT2D eigenvalue weighted by Gasteiger charge is -2.33. The van der Waals surface area contributed by atoms with Crippen molar-refractivity contribution in [1.82, 2.24) is 14.7 Å². The normalized spacial score (nSPS) is 16.9. The molecule has 2 N–H and O–H groups in total. The second-order valence-corrected chi connectivity index (χ2v) is 11.6. The SMILES string of the molecule is COc1cccc(CCNc2cccc(S(=O)(=O)NC(=O)c3cccnc3N3CC(C)CC3(C)C)n2)c1.[HH]. The number of benzene rings is 1. The van der Waals surface area contributed by atoms with Gasteiger partial charge < -0.3 is 15.0 Å². The average Bonchev–Trinajstić information content (AvgIpc) is 3.15. The Bertz CT molecular complexity index is 1380. The molecule has 0 radical (unpaired) electrons. The lowest BCUT2D eigenvalue weighted by atomic mass is 9.97. The zero-order valence-electron chi connectivity index (χ0n) is 21.6. The quantitative estimate of drug-likeness (QED) is 0.429. The lowest BCUT2D eigenvalue weighted by molar-refractivity contribution is 0.0981. The smallest absolute Gasteiger partial charge is 0.281 e. The fourth-order valence-corrected chi connectivity index (χ4v) is 5.74. The molecule has 3 aromatic rings. The first kappa shape index (κ1) is 26.4. The summed E-state index contributed by atoms with van der Waals surface area (Å²) in [5.74, 6) is 1.34. The van der Waals surface area contributed by atoms with Gasteiger partial charge in [0.15, 0.2) is 5.03 Å². The van der Waals surface area contributed by atoms with Crippen LogP contribution in [0.5, 0.6) is 5.75 Å². The fraction of sp³-hybridized carbons (Fsp3) is 0.370. The van der Waals surface area contributed by atoms with E-state index in [9.17, 15) is 13.2 Å². The number of carbonyl (C=O) groups excluding carboxylic acids is 1. The number of pyridine rings is 2. The van der Waals surface area contributed by atoms with Gasteiger partial charge in [-0.05, 0) is 74.6 Å². The van der Waals surface area contributed by atoms with Crippen molar-refractivity contribution in [2.45, 2.75) is 44.2 Å². The van der Waals surface area contributed by atoms with E-state index >= 15 is 0 Å². The summed E-state index contributed by atoms with van der Waals surface area (Å²) in [7, 11) is -2.59. The van der Waals surface area contributed by atoms with Crippen molar-refractivity contribution in [3.63, 3.8) is 0 Å². The summed E-state index contributed by atoms with van der Waals surface area (Å²) in [4.78, 5) is 23.9. The van der Waals surface area contributed by atoms with Crippen molar-refractivity contribution in [3.05, 3.63) is 71.9 Å². The minimum atomic E-state index is -4.21. The number of amides is 1. The minimum absolute atomic E-state index is 0. The van der Waals surface area contributed by atoms with Gasteiger partial charge in [-0.25, -0.2) is 14.7 Å². The molecule has 2 aromatic heterocycles. The maximum atomic E-state index is 13.2. The second-order valence-electron chi connectivity index (χ2n) is 9.93. The Labute approximate surface area is 219 Å².